The number of carboxylic acids is 1. The summed E-state index contributed by atoms with van der Waals surface area (Å²) in [5.74, 6) is -4.89. The molecule has 0 radical (unpaired) electrons. The highest BCUT2D eigenvalue weighted by Crippen LogP contribution is 2.12. The van der Waals surface area contributed by atoms with Crippen LogP contribution in [0, 0.1) is 5.92 Å². The van der Waals surface area contributed by atoms with E-state index in [1.54, 1.807) is 13.8 Å². The molecule has 4 atom stereocenters. The van der Waals surface area contributed by atoms with E-state index in [-0.39, 0.29) is 24.5 Å². The molecule has 0 saturated carbocycles. The number of hydrogen-bond acceptors (Lipinski definition) is 8. The van der Waals surface area contributed by atoms with Crippen molar-refractivity contribution in [2.75, 3.05) is 0 Å². The molecular formula is C24H33N7O7. The second-order valence-corrected chi connectivity index (χ2v) is 9.11. The van der Waals surface area contributed by atoms with Crippen molar-refractivity contribution in [1.82, 2.24) is 25.9 Å². The second kappa shape index (κ2) is 13.7. The molecule has 1 aromatic carbocycles. The molecule has 38 heavy (non-hydrogen) atoms. The van der Waals surface area contributed by atoms with Crippen molar-refractivity contribution in [3.63, 3.8) is 0 Å². The van der Waals surface area contributed by atoms with Crippen LogP contribution in [0.25, 0.3) is 0 Å². The summed E-state index contributed by atoms with van der Waals surface area (Å²) in [6.45, 7) is 3.40. The van der Waals surface area contributed by atoms with Crippen LogP contribution in [0.5, 0.6) is 5.75 Å². The molecule has 14 heteroatoms. The fraction of sp³-hybridized carbons (Fsp3) is 0.417. The van der Waals surface area contributed by atoms with Crippen LogP contribution in [0.15, 0.2) is 36.8 Å². The normalized spacial score (nSPS) is 14.1. The van der Waals surface area contributed by atoms with Crippen LogP contribution in [0.1, 0.15) is 31.5 Å². The fourth-order valence-electron chi connectivity index (χ4n) is 3.42. The predicted molar refractivity (Wildman–Crippen MR) is 134 cm³/mol. The van der Waals surface area contributed by atoms with Crippen molar-refractivity contribution in [1.29, 1.82) is 0 Å². The van der Waals surface area contributed by atoms with E-state index in [1.807, 2.05) is 0 Å². The lowest BCUT2D eigenvalue weighted by molar-refractivity contribution is -0.142. The van der Waals surface area contributed by atoms with Crippen molar-refractivity contribution in [2.24, 2.45) is 17.4 Å². The van der Waals surface area contributed by atoms with E-state index in [9.17, 15) is 34.2 Å². The number of hydrogen-bond donors (Lipinski definition) is 8. The molecular weight excluding hydrogens is 498 g/mol. The molecule has 206 valence electrons. The third-order valence-corrected chi connectivity index (χ3v) is 5.66. The molecule has 14 nitrogen and oxygen atoms in total. The van der Waals surface area contributed by atoms with Gasteiger partial charge in [-0.25, -0.2) is 9.78 Å². The summed E-state index contributed by atoms with van der Waals surface area (Å²) < 4.78 is 0. The van der Waals surface area contributed by atoms with Crippen LogP contribution in [-0.4, -0.2) is 73.9 Å². The first-order valence-corrected chi connectivity index (χ1v) is 11.8. The van der Waals surface area contributed by atoms with Crippen LogP contribution in [0.4, 0.5) is 0 Å². The van der Waals surface area contributed by atoms with Gasteiger partial charge in [0.2, 0.25) is 23.6 Å². The largest absolute Gasteiger partial charge is 0.508 e. The first kappa shape index (κ1) is 29.8. The maximum Gasteiger partial charge on any atom is 0.326 e. The van der Waals surface area contributed by atoms with Crippen LogP contribution in [-0.2, 0) is 36.8 Å². The number of nitrogens with two attached hydrogens (primary N) is 2. The van der Waals surface area contributed by atoms with Gasteiger partial charge in [-0.15, -0.1) is 0 Å². The van der Waals surface area contributed by atoms with Gasteiger partial charge in [-0.3, -0.25) is 19.2 Å². The Balaban J connectivity index is 2.27. The number of nitrogens with zero attached hydrogens (tertiary/aromatic N) is 1. The third-order valence-electron chi connectivity index (χ3n) is 5.66. The zero-order valence-electron chi connectivity index (χ0n) is 21.0. The molecule has 10 N–H and O–H groups in total. The van der Waals surface area contributed by atoms with Crippen LogP contribution in [0.3, 0.4) is 0 Å². The zero-order chi connectivity index (χ0) is 28.4. The molecule has 2 rings (SSSR count). The number of phenolic OH excluding ortho intramolecular Hbond substituents is 1. The van der Waals surface area contributed by atoms with Crippen LogP contribution in [0.2, 0.25) is 0 Å². The summed E-state index contributed by atoms with van der Waals surface area (Å²) in [6, 6.07) is 0.737. The van der Waals surface area contributed by atoms with E-state index >= 15 is 0 Å². The molecule has 0 aliphatic carbocycles. The van der Waals surface area contributed by atoms with Crippen molar-refractivity contribution in [2.45, 2.75) is 57.3 Å². The SMILES string of the molecule is CC(C)C(N)C(=O)NC(CC(N)=O)C(=O)NC(Cc1ccc(O)cc1)C(=O)NC(Cc1cnc[nH]1)C(=O)O. The lowest BCUT2D eigenvalue weighted by atomic mass is 10.0. The molecule has 1 aromatic heterocycles. The minimum atomic E-state index is -1.43. The summed E-state index contributed by atoms with van der Waals surface area (Å²) in [5.41, 5.74) is 12.1. The molecule has 0 aliphatic rings. The molecule has 4 amide bonds. The number of primary amides is 1. The molecule has 0 spiro atoms. The average molecular weight is 532 g/mol. The van der Waals surface area contributed by atoms with Crippen LogP contribution >= 0.6 is 0 Å². The van der Waals surface area contributed by atoms with Crippen molar-refractivity contribution >= 4 is 29.6 Å². The van der Waals surface area contributed by atoms with E-state index in [0.29, 0.717) is 11.3 Å². The number of rotatable bonds is 14. The highest BCUT2D eigenvalue weighted by Gasteiger charge is 2.32. The Morgan fingerprint density at radius 1 is 0.921 bits per heavy atom. The number of aromatic nitrogens is 2. The Morgan fingerprint density at radius 3 is 2.03 bits per heavy atom. The highest BCUT2D eigenvalue weighted by atomic mass is 16.4. The summed E-state index contributed by atoms with van der Waals surface area (Å²) in [7, 11) is 0. The number of nitrogens with one attached hydrogen (secondary N) is 4. The Kier molecular flexibility index (Phi) is 10.8. The Hall–Kier alpha value is -4.46. The van der Waals surface area contributed by atoms with Gasteiger partial charge in [-0.2, -0.15) is 0 Å². The average Bonchev–Trinajstić information content (AvgIpc) is 3.36. The molecule has 4 unspecified atom stereocenters. The summed E-state index contributed by atoms with van der Waals surface area (Å²) in [5, 5.41) is 26.4. The van der Waals surface area contributed by atoms with E-state index in [2.05, 4.69) is 25.9 Å². The maximum absolute atomic E-state index is 13.2. The van der Waals surface area contributed by atoms with Gasteiger partial charge in [0.05, 0.1) is 18.8 Å². The summed E-state index contributed by atoms with van der Waals surface area (Å²) >= 11 is 0. The van der Waals surface area contributed by atoms with Gasteiger partial charge < -0.3 is 42.6 Å². The fourth-order valence-corrected chi connectivity index (χ4v) is 3.42. The van der Waals surface area contributed by atoms with E-state index in [4.69, 9.17) is 11.5 Å². The lowest BCUT2D eigenvalue weighted by Gasteiger charge is -2.25. The molecule has 0 aliphatic heterocycles. The van der Waals surface area contributed by atoms with Crippen molar-refractivity contribution in [3.05, 3.63) is 48.0 Å². The number of carbonyl (C=O) groups excluding carboxylic acids is 4. The van der Waals surface area contributed by atoms with E-state index in [1.165, 1.54) is 36.8 Å². The minimum absolute atomic E-state index is 0.0185. The summed E-state index contributed by atoms with van der Waals surface area (Å²) in [6.07, 6.45) is 2.01. The summed E-state index contributed by atoms with van der Waals surface area (Å²) in [4.78, 5) is 68.7. The topological polar surface area (TPSA) is 243 Å². The lowest BCUT2D eigenvalue weighted by Crippen LogP contribution is -2.58. The highest BCUT2D eigenvalue weighted by molar-refractivity contribution is 5.96. The van der Waals surface area contributed by atoms with Gasteiger partial charge in [0, 0.05) is 24.7 Å². The Bertz CT molecular complexity index is 1120. The zero-order valence-corrected chi connectivity index (χ0v) is 21.0. The first-order valence-electron chi connectivity index (χ1n) is 11.8. The van der Waals surface area contributed by atoms with E-state index < -0.39 is 60.2 Å². The predicted octanol–water partition coefficient (Wildman–Crippen LogP) is -1.70. The monoisotopic (exact) mass is 531 g/mol. The van der Waals surface area contributed by atoms with Gasteiger partial charge in [0.25, 0.3) is 0 Å². The number of benzene rings is 1. The molecule has 0 saturated heterocycles. The minimum Gasteiger partial charge on any atom is -0.508 e. The molecule has 1 heterocycles. The van der Waals surface area contributed by atoms with Crippen molar-refractivity contribution in [3.8, 4) is 5.75 Å². The molecule has 0 bridgehead atoms. The standard InChI is InChI=1S/C24H33N7O7/c1-12(2)20(26)23(36)30-17(9-19(25)33)22(35)29-16(7-13-3-5-15(32)6-4-13)21(34)31-18(24(37)38)8-14-10-27-11-28-14/h3-6,10-12,16-18,20,32H,7-9,26H2,1-2H3,(H2,25,33)(H,27,28)(H,29,35)(H,30,36)(H,31,34)(H,37,38). The number of H-pyrrole nitrogens is 1. The second-order valence-electron chi connectivity index (χ2n) is 9.11. The number of imidazole rings is 1. The Morgan fingerprint density at radius 2 is 1.50 bits per heavy atom. The smallest absolute Gasteiger partial charge is 0.326 e. The van der Waals surface area contributed by atoms with Gasteiger partial charge in [0.15, 0.2) is 0 Å². The van der Waals surface area contributed by atoms with Crippen LogP contribution < -0.4 is 27.4 Å². The van der Waals surface area contributed by atoms with Gasteiger partial charge in [-0.1, -0.05) is 26.0 Å². The number of phenols is 1. The quantitative estimate of drug-likeness (QED) is 0.138. The number of aliphatic carboxylic acids is 1. The third kappa shape index (κ3) is 9.20. The first-order chi connectivity index (χ1) is 17.9. The maximum atomic E-state index is 13.2. The number of carboxylic acid groups (broad SMARTS) is 1. The van der Waals surface area contributed by atoms with E-state index in [0.717, 1.165) is 0 Å². The van der Waals surface area contributed by atoms with Gasteiger partial charge in [0.1, 0.15) is 23.9 Å². The number of carbonyl (C=O) groups is 5. The number of aromatic hydroxyl groups is 1. The van der Waals surface area contributed by atoms with Gasteiger partial charge in [-0.05, 0) is 23.6 Å². The molecule has 2 aromatic rings. The molecule has 0 fully saturated rings. The number of amides is 4. The number of aromatic amines is 1. The van der Waals surface area contributed by atoms with Crippen molar-refractivity contribution < 1.29 is 34.2 Å². The van der Waals surface area contributed by atoms with Gasteiger partial charge >= 0.3 is 5.97 Å². The Labute approximate surface area is 218 Å².